The smallest absolute Gasteiger partial charge is 0.407 e. The van der Waals surface area contributed by atoms with Crippen molar-refractivity contribution in [3.63, 3.8) is 0 Å². The SMILES string of the molecule is C[C@H](CC(C#N)(c1ccccc1)c1ccccc1)NC(=O)OC(C)(C)C. The van der Waals surface area contributed by atoms with Crippen LogP contribution in [0.3, 0.4) is 0 Å². The number of nitrogens with one attached hydrogen (secondary N) is 1. The molecule has 1 amide bonds. The van der Waals surface area contributed by atoms with Crippen molar-refractivity contribution >= 4 is 6.09 Å². The molecule has 0 heterocycles. The van der Waals surface area contributed by atoms with Gasteiger partial charge < -0.3 is 10.1 Å². The van der Waals surface area contributed by atoms with E-state index in [-0.39, 0.29) is 6.04 Å². The minimum absolute atomic E-state index is 0.245. The number of ether oxygens (including phenoxy) is 1. The van der Waals surface area contributed by atoms with Gasteiger partial charge in [-0.3, -0.25) is 0 Å². The molecule has 0 saturated heterocycles. The topological polar surface area (TPSA) is 62.1 Å². The summed E-state index contributed by atoms with van der Waals surface area (Å²) in [6.07, 6.45) is -0.0329. The van der Waals surface area contributed by atoms with Gasteiger partial charge in [0.2, 0.25) is 0 Å². The van der Waals surface area contributed by atoms with Gasteiger partial charge in [0, 0.05) is 6.04 Å². The molecule has 0 aliphatic heterocycles. The Morgan fingerprint density at radius 1 is 1.04 bits per heavy atom. The normalized spacial score (nSPS) is 12.7. The Morgan fingerprint density at radius 2 is 1.50 bits per heavy atom. The average molecular weight is 350 g/mol. The maximum absolute atomic E-state index is 12.1. The number of rotatable bonds is 5. The Bertz CT molecular complexity index is 719. The van der Waals surface area contributed by atoms with Gasteiger partial charge in [0.1, 0.15) is 11.0 Å². The summed E-state index contributed by atoms with van der Waals surface area (Å²) < 4.78 is 5.33. The zero-order chi connectivity index (χ0) is 19.2. The summed E-state index contributed by atoms with van der Waals surface area (Å²) in [6, 6.07) is 21.6. The van der Waals surface area contributed by atoms with Crippen molar-refractivity contribution in [3.05, 3.63) is 71.8 Å². The molecule has 1 N–H and O–H groups in total. The number of nitriles is 1. The van der Waals surface area contributed by atoms with Crippen molar-refractivity contribution in [1.82, 2.24) is 5.32 Å². The Morgan fingerprint density at radius 3 is 1.88 bits per heavy atom. The third-order valence-electron chi connectivity index (χ3n) is 4.10. The zero-order valence-corrected chi connectivity index (χ0v) is 15.8. The van der Waals surface area contributed by atoms with Crippen LogP contribution in [0.2, 0.25) is 0 Å². The van der Waals surface area contributed by atoms with Crippen molar-refractivity contribution in [2.45, 2.75) is 51.2 Å². The van der Waals surface area contributed by atoms with Gasteiger partial charge in [0.05, 0.1) is 6.07 Å². The van der Waals surface area contributed by atoms with Crippen LogP contribution in [-0.2, 0) is 10.2 Å². The van der Waals surface area contributed by atoms with Crippen molar-refractivity contribution < 1.29 is 9.53 Å². The fourth-order valence-corrected chi connectivity index (χ4v) is 3.04. The summed E-state index contributed by atoms with van der Waals surface area (Å²) in [6.45, 7) is 7.36. The number of benzene rings is 2. The molecule has 0 aliphatic carbocycles. The second-order valence-corrected chi connectivity index (χ2v) is 7.50. The third-order valence-corrected chi connectivity index (χ3v) is 4.10. The monoisotopic (exact) mass is 350 g/mol. The number of alkyl carbamates (subject to hydrolysis) is 1. The van der Waals surface area contributed by atoms with Crippen molar-refractivity contribution in [3.8, 4) is 6.07 Å². The number of hydrogen-bond acceptors (Lipinski definition) is 3. The summed E-state index contributed by atoms with van der Waals surface area (Å²) in [7, 11) is 0. The molecule has 136 valence electrons. The minimum Gasteiger partial charge on any atom is -0.444 e. The number of hydrogen-bond donors (Lipinski definition) is 1. The highest BCUT2D eigenvalue weighted by molar-refractivity contribution is 5.68. The van der Waals surface area contributed by atoms with E-state index in [0.717, 1.165) is 11.1 Å². The standard InChI is InChI=1S/C22H26N2O2/c1-17(24-20(25)26-21(2,3)4)15-22(16-23,18-11-7-5-8-12-18)19-13-9-6-10-14-19/h5-14,17H,15H2,1-4H3,(H,24,25)/t17-/m1/s1. The molecule has 26 heavy (non-hydrogen) atoms. The van der Waals surface area contributed by atoms with Gasteiger partial charge in [-0.25, -0.2) is 4.79 Å². The molecule has 0 aliphatic rings. The van der Waals surface area contributed by atoms with Crippen molar-refractivity contribution in [2.24, 2.45) is 0 Å². The van der Waals surface area contributed by atoms with Crippen LogP contribution in [0.1, 0.15) is 45.2 Å². The Balaban J connectivity index is 2.31. The molecule has 0 unspecified atom stereocenters. The second-order valence-electron chi connectivity index (χ2n) is 7.50. The van der Waals surface area contributed by atoms with Gasteiger partial charge in [0.25, 0.3) is 0 Å². The molecule has 1 atom stereocenters. The fourth-order valence-electron chi connectivity index (χ4n) is 3.04. The first-order valence-electron chi connectivity index (χ1n) is 8.79. The molecule has 0 saturated carbocycles. The van der Waals surface area contributed by atoms with Gasteiger partial charge >= 0.3 is 6.09 Å². The van der Waals surface area contributed by atoms with Crippen LogP contribution in [0.15, 0.2) is 60.7 Å². The van der Waals surface area contributed by atoms with Crippen molar-refractivity contribution in [1.29, 1.82) is 5.26 Å². The molecule has 0 bridgehead atoms. The van der Waals surface area contributed by atoms with E-state index < -0.39 is 17.1 Å². The number of nitrogens with zero attached hydrogens (tertiary/aromatic N) is 1. The molecule has 0 spiro atoms. The van der Waals surface area contributed by atoms with Gasteiger partial charge in [-0.1, -0.05) is 60.7 Å². The molecule has 2 aromatic carbocycles. The Hall–Kier alpha value is -2.80. The molecule has 0 aromatic heterocycles. The molecule has 0 radical (unpaired) electrons. The Kier molecular flexibility index (Phi) is 6.05. The first-order valence-corrected chi connectivity index (χ1v) is 8.79. The van der Waals surface area contributed by atoms with E-state index in [1.54, 1.807) is 0 Å². The lowest BCUT2D eigenvalue weighted by molar-refractivity contribution is 0.0503. The van der Waals surface area contributed by atoms with E-state index in [4.69, 9.17) is 4.74 Å². The van der Waals surface area contributed by atoms with E-state index in [9.17, 15) is 10.1 Å². The summed E-state index contributed by atoms with van der Waals surface area (Å²) in [4.78, 5) is 12.1. The second kappa shape index (κ2) is 8.05. The maximum Gasteiger partial charge on any atom is 0.407 e. The van der Waals surface area contributed by atoms with Crippen LogP contribution in [0, 0.1) is 11.3 Å². The highest BCUT2D eigenvalue weighted by atomic mass is 16.6. The number of carbonyl (C=O) groups excluding carboxylic acids is 1. The van der Waals surface area contributed by atoms with E-state index in [1.165, 1.54) is 0 Å². The summed E-state index contributed by atoms with van der Waals surface area (Å²) >= 11 is 0. The minimum atomic E-state index is -0.850. The van der Waals surface area contributed by atoms with E-state index in [0.29, 0.717) is 6.42 Å². The van der Waals surface area contributed by atoms with Crippen LogP contribution in [0.5, 0.6) is 0 Å². The highest BCUT2D eigenvalue weighted by Crippen LogP contribution is 2.36. The van der Waals surface area contributed by atoms with E-state index >= 15 is 0 Å². The molecule has 2 aromatic rings. The van der Waals surface area contributed by atoms with Crippen LogP contribution < -0.4 is 5.32 Å². The zero-order valence-electron chi connectivity index (χ0n) is 15.8. The van der Waals surface area contributed by atoms with Crippen molar-refractivity contribution in [2.75, 3.05) is 0 Å². The van der Waals surface area contributed by atoms with Gasteiger partial charge in [0.15, 0.2) is 0 Å². The van der Waals surface area contributed by atoms with E-state index in [1.807, 2.05) is 88.4 Å². The lowest BCUT2D eigenvalue weighted by atomic mass is 9.71. The summed E-state index contributed by atoms with van der Waals surface area (Å²) in [5.41, 5.74) is 0.407. The van der Waals surface area contributed by atoms with Crippen LogP contribution in [0.4, 0.5) is 4.79 Å². The van der Waals surface area contributed by atoms with Crippen LogP contribution in [0.25, 0.3) is 0 Å². The third kappa shape index (κ3) is 4.86. The first-order chi connectivity index (χ1) is 12.3. The predicted octanol–water partition coefficient (Wildman–Crippen LogP) is 4.80. The lowest BCUT2D eigenvalue weighted by Gasteiger charge is -2.31. The van der Waals surface area contributed by atoms with Gasteiger partial charge in [-0.05, 0) is 45.2 Å². The van der Waals surface area contributed by atoms with Gasteiger partial charge in [-0.2, -0.15) is 5.26 Å². The lowest BCUT2D eigenvalue weighted by Crippen LogP contribution is -2.42. The molecular formula is C22H26N2O2. The Labute approximate surface area is 155 Å². The number of amides is 1. The number of carbonyl (C=O) groups is 1. The predicted molar refractivity (Wildman–Crippen MR) is 103 cm³/mol. The summed E-state index contributed by atoms with van der Waals surface area (Å²) in [5.74, 6) is 0. The summed E-state index contributed by atoms with van der Waals surface area (Å²) in [5, 5.41) is 13.0. The van der Waals surface area contributed by atoms with E-state index in [2.05, 4.69) is 11.4 Å². The van der Waals surface area contributed by atoms with Crippen LogP contribution in [-0.4, -0.2) is 17.7 Å². The van der Waals surface area contributed by atoms with Crippen LogP contribution >= 0.6 is 0 Å². The van der Waals surface area contributed by atoms with Gasteiger partial charge in [-0.15, -0.1) is 0 Å². The maximum atomic E-state index is 12.1. The molecule has 0 fully saturated rings. The fraction of sp³-hybridized carbons (Fsp3) is 0.364. The largest absolute Gasteiger partial charge is 0.444 e. The molecule has 4 nitrogen and oxygen atoms in total. The molecule has 4 heteroatoms. The molecular weight excluding hydrogens is 324 g/mol. The first kappa shape index (κ1) is 19.5. The molecule has 2 rings (SSSR count). The quantitative estimate of drug-likeness (QED) is 0.842. The highest BCUT2D eigenvalue weighted by Gasteiger charge is 2.36. The average Bonchev–Trinajstić information content (AvgIpc) is 2.59.